The number of carbonyl (C=O) groups excluding carboxylic acids is 1. The summed E-state index contributed by atoms with van der Waals surface area (Å²) in [4.78, 5) is 32.7. The second-order valence-electron chi connectivity index (χ2n) is 5.15. The van der Waals surface area contributed by atoms with Gasteiger partial charge in [-0.05, 0) is 24.3 Å². The van der Waals surface area contributed by atoms with Crippen molar-refractivity contribution in [3.8, 4) is 0 Å². The lowest BCUT2D eigenvalue weighted by Crippen LogP contribution is -2.29. The lowest BCUT2D eigenvalue weighted by molar-refractivity contribution is 0.0954. The van der Waals surface area contributed by atoms with Gasteiger partial charge in [-0.1, -0.05) is 12.1 Å². The number of para-hydroxylation sites is 1. The van der Waals surface area contributed by atoms with E-state index in [-0.39, 0.29) is 11.5 Å². The quantitative estimate of drug-likeness (QED) is 0.788. The van der Waals surface area contributed by atoms with Crippen molar-refractivity contribution < 1.29 is 4.79 Å². The Kier molecular flexibility index (Phi) is 4.14. The third-order valence-electron chi connectivity index (χ3n) is 3.65. The summed E-state index contributed by atoms with van der Waals surface area (Å²) < 4.78 is 1.53. The molecule has 6 nitrogen and oxygen atoms in total. The predicted molar refractivity (Wildman–Crippen MR) is 87.3 cm³/mol. The number of benzene rings is 1. The maximum atomic E-state index is 12.3. The van der Waals surface area contributed by atoms with Crippen molar-refractivity contribution in [3.05, 3.63) is 70.5 Å². The smallest absolute Gasteiger partial charge is 0.261 e. The molecule has 2 aromatic heterocycles. The van der Waals surface area contributed by atoms with Gasteiger partial charge in [-0.2, -0.15) is 0 Å². The standard InChI is InChI=1S/C17H16N4O2/c1-21-15(20-14-5-3-2-4-13(14)17(21)23)8-11-19-16(22)12-6-9-18-10-7-12/h2-7,9-10H,8,11H2,1H3,(H,19,22). The predicted octanol–water partition coefficient (Wildman–Crippen LogP) is 1.30. The van der Waals surface area contributed by atoms with E-state index in [9.17, 15) is 9.59 Å². The molecule has 116 valence electrons. The van der Waals surface area contributed by atoms with Crippen LogP contribution >= 0.6 is 0 Å². The molecule has 1 amide bonds. The van der Waals surface area contributed by atoms with Gasteiger partial charge in [0.2, 0.25) is 0 Å². The molecule has 0 fully saturated rings. The van der Waals surface area contributed by atoms with Crippen LogP contribution < -0.4 is 10.9 Å². The zero-order valence-electron chi connectivity index (χ0n) is 12.7. The molecule has 0 radical (unpaired) electrons. The highest BCUT2D eigenvalue weighted by atomic mass is 16.1. The minimum atomic E-state index is -0.168. The molecule has 0 aliphatic carbocycles. The van der Waals surface area contributed by atoms with Gasteiger partial charge in [-0.15, -0.1) is 0 Å². The number of aromatic nitrogens is 3. The molecule has 0 bridgehead atoms. The number of nitrogens with zero attached hydrogens (tertiary/aromatic N) is 3. The van der Waals surface area contributed by atoms with Crippen molar-refractivity contribution in [2.24, 2.45) is 7.05 Å². The summed E-state index contributed by atoms with van der Waals surface area (Å²) in [6.07, 6.45) is 3.63. The molecular weight excluding hydrogens is 292 g/mol. The fraction of sp³-hybridized carbons (Fsp3) is 0.176. The molecule has 6 heteroatoms. The van der Waals surface area contributed by atoms with E-state index in [1.165, 1.54) is 4.57 Å². The second-order valence-corrected chi connectivity index (χ2v) is 5.15. The van der Waals surface area contributed by atoms with Crippen LogP contribution in [0.3, 0.4) is 0 Å². The maximum absolute atomic E-state index is 12.3. The molecule has 2 heterocycles. The summed E-state index contributed by atoms with van der Waals surface area (Å²) in [7, 11) is 1.70. The zero-order chi connectivity index (χ0) is 16.2. The van der Waals surface area contributed by atoms with E-state index in [0.717, 1.165) is 0 Å². The molecule has 0 unspecified atom stereocenters. The van der Waals surface area contributed by atoms with Gasteiger partial charge in [0.1, 0.15) is 5.82 Å². The topological polar surface area (TPSA) is 76.9 Å². The fourth-order valence-electron chi connectivity index (χ4n) is 2.38. The summed E-state index contributed by atoms with van der Waals surface area (Å²) in [5.74, 6) is 0.474. The van der Waals surface area contributed by atoms with Gasteiger partial charge in [0.15, 0.2) is 0 Å². The molecule has 23 heavy (non-hydrogen) atoms. The third-order valence-corrected chi connectivity index (χ3v) is 3.65. The van der Waals surface area contributed by atoms with E-state index in [0.29, 0.717) is 35.3 Å². The van der Waals surface area contributed by atoms with Crippen molar-refractivity contribution in [1.82, 2.24) is 19.9 Å². The SMILES string of the molecule is Cn1c(CCNC(=O)c2ccncc2)nc2ccccc2c1=O. The van der Waals surface area contributed by atoms with Crippen LogP contribution in [0, 0.1) is 0 Å². The average Bonchev–Trinajstić information content (AvgIpc) is 2.60. The van der Waals surface area contributed by atoms with Gasteiger partial charge in [-0.25, -0.2) is 4.98 Å². The van der Waals surface area contributed by atoms with Gasteiger partial charge in [-0.3, -0.25) is 19.1 Å². The first kappa shape index (κ1) is 14.9. The van der Waals surface area contributed by atoms with E-state index in [1.807, 2.05) is 18.2 Å². The minimum absolute atomic E-state index is 0.0777. The first-order chi connectivity index (χ1) is 11.2. The summed E-state index contributed by atoms with van der Waals surface area (Å²) in [6.45, 7) is 0.403. The zero-order valence-corrected chi connectivity index (χ0v) is 12.7. The molecule has 0 aliphatic rings. The van der Waals surface area contributed by atoms with Crippen LogP contribution in [0.2, 0.25) is 0 Å². The molecule has 0 aliphatic heterocycles. The molecule has 1 aromatic carbocycles. The van der Waals surface area contributed by atoms with E-state index in [2.05, 4.69) is 15.3 Å². The number of amides is 1. The Morgan fingerprint density at radius 1 is 1.17 bits per heavy atom. The number of hydrogen-bond acceptors (Lipinski definition) is 4. The molecule has 0 saturated heterocycles. The van der Waals surface area contributed by atoms with Crippen LogP contribution in [-0.4, -0.2) is 27.0 Å². The first-order valence-corrected chi connectivity index (χ1v) is 7.29. The molecule has 0 saturated carbocycles. The number of hydrogen-bond donors (Lipinski definition) is 1. The molecule has 0 spiro atoms. The summed E-state index contributed by atoms with van der Waals surface area (Å²) in [5, 5.41) is 3.42. The number of rotatable bonds is 4. The lowest BCUT2D eigenvalue weighted by atomic mass is 10.2. The van der Waals surface area contributed by atoms with Crippen LogP contribution in [0.25, 0.3) is 10.9 Å². The van der Waals surface area contributed by atoms with Crippen molar-refractivity contribution in [1.29, 1.82) is 0 Å². The lowest BCUT2D eigenvalue weighted by Gasteiger charge is -2.10. The Morgan fingerprint density at radius 2 is 1.91 bits per heavy atom. The van der Waals surface area contributed by atoms with E-state index in [1.54, 1.807) is 37.6 Å². The number of fused-ring (bicyclic) bond motifs is 1. The van der Waals surface area contributed by atoms with Crippen LogP contribution in [0.5, 0.6) is 0 Å². The Balaban J connectivity index is 1.74. The van der Waals surface area contributed by atoms with E-state index in [4.69, 9.17) is 0 Å². The Labute approximate surface area is 132 Å². The van der Waals surface area contributed by atoms with Crippen molar-refractivity contribution in [2.45, 2.75) is 6.42 Å². The number of pyridine rings is 1. The van der Waals surface area contributed by atoms with Gasteiger partial charge in [0.05, 0.1) is 10.9 Å². The Morgan fingerprint density at radius 3 is 2.70 bits per heavy atom. The van der Waals surface area contributed by atoms with Crippen LogP contribution in [-0.2, 0) is 13.5 Å². The molecule has 1 N–H and O–H groups in total. The molecule has 3 aromatic rings. The summed E-state index contributed by atoms with van der Waals surface area (Å²) in [5.41, 5.74) is 1.15. The third kappa shape index (κ3) is 3.11. The highest BCUT2D eigenvalue weighted by Crippen LogP contribution is 2.07. The van der Waals surface area contributed by atoms with Crippen LogP contribution in [0.15, 0.2) is 53.6 Å². The van der Waals surface area contributed by atoms with Gasteiger partial charge in [0, 0.05) is 38.0 Å². The molecule has 3 rings (SSSR count). The summed E-state index contributed by atoms with van der Waals surface area (Å²) >= 11 is 0. The number of carbonyl (C=O) groups is 1. The first-order valence-electron chi connectivity index (χ1n) is 7.29. The van der Waals surface area contributed by atoms with Crippen LogP contribution in [0.1, 0.15) is 16.2 Å². The minimum Gasteiger partial charge on any atom is -0.352 e. The molecular formula is C17H16N4O2. The normalized spacial score (nSPS) is 10.7. The molecule has 0 atom stereocenters. The monoisotopic (exact) mass is 308 g/mol. The van der Waals surface area contributed by atoms with Gasteiger partial charge < -0.3 is 5.32 Å². The largest absolute Gasteiger partial charge is 0.352 e. The fourth-order valence-corrected chi connectivity index (χ4v) is 2.38. The summed E-state index contributed by atoms with van der Waals surface area (Å²) in [6, 6.07) is 10.6. The Bertz CT molecular complexity index is 903. The van der Waals surface area contributed by atoms with Crippen molar-refractivity contribution >= 4 is 16.8 Å². The van der Waals surface area contributed by atoms with Gasteiger partial charge in [0.25, 0.3) is 11.5 Å². The highest BCUT2D eigenvalue weighted by molar-refractivity contribution is 5.93. The van der Waals surface area contributed by atoms with E-state index >= 15 is 0 Å². The van der Waals surface area contributed by atoms with E-state index < -0.39 is 0 Å². The van der Waals surface area contributed by atoms with Crippen molar-refractivity contribution in [2.75, 3.05) is 6.54 Å². The number of nitrogens with one attached hydrogen (secondary N) is 1. The van der Waals surface area contributed by atoms with Gasteiger partial charge >= 0.3 is 0 Å². The van der Waals surface area contributed by atoms with Crippen LogP contribution in [0.4, 0.5) is 0 Å². The second kappa shape index (κ2) is 6.39. The maximum Gasteiger partial charge on any atom is 0.261 e. The Hall–Kier alpha value is -3.02. The highest BCUT2D eigenvalue weighted by Gasteiger charge is 2.09. The average molecular weight is 308 g/mol. The van der Waals surface area contributed by atoms with Crippen molar-refractivity contribution in [3.63, 3.8) is 0 Å².